The molecule has 0 atom stereocenters. The average molecular weight is 442 g/mol. The zero-order chi connectivity index (χ0) is 19.8. The van der Waals surface area contributed by atoms with Crippen molar-refractivity contribution in [3.8, 4) is 22.8 Å². The molecular formula is C17H20BrN3O6. The van der Waals surface area contributed by atoms with Gasteiger partial charge in [0.1, 0.15) is 5.69 Å². The van der Waals surface area contributed by atoms with Crippen LogP contribution < -0.4 is 9.47 Å². The lowest BCUT2D eigenvalue weighted by molar-refractivity contribution is -0.145. The fraction of sp³-hybridized carbons (Fsp3) is 0.412. The molecule has 1 heterocycles. The smallest absolute Gasteiger partial charge is 0.361 e. The summed E-state index contributed by atoms with van der Waals surface area (Å²) in [5, 5.41) is 10.3. The summed E-state index contributed by atoms with van der Waals surface area (Å²) in [6.07, 6.45) is 0. The van der Waals surface area contributed by atoms with Gasteiger partial charge >= 0.3 is 11.9 Å². The van der Waals surface area contributed by atoms with Crippen molar-refractivity contribution in [2.24, 2.45) is 0 Å². The minimum absolute atomic E-state index is 0.0615. The molecule has 27 heavy (non-hydrogen) atoms. The van der Waals surface area contributed by atoms with Gasteiger partial charge in [0, 0.05) is 5.56 Å². The third-order valence-electron chi connectivity index (χ3n) is 3.24. The highest BCUT2D eigenvalue weighted by molar-refractivity contribution is 9.10. The lowest BCUT2D eigenvalue weighted by Crippen LogP contribution is -2.15. The number of carbonyl (C=O) groups is 2. The Balaban J connectivity index is 2.37. The van der Waals surface area contributed by atoms with E-state index in [-0.39, 0.29) is 25.5 Å². The van der Waals surface area contributed by atoms with E-state index >= 15 is 0 Å². The molecule has 0 fully saturated rings. The van der Waals surface area contributed by atoms with Gasteiger partial charge in [0.05, 0.1) is 24.3 Å². The quantitative estimate of drug-likeness (QED) is 0.590. The fourth-order valence-electron chi connectivity index (χ4n) is 2.22. The van der Waals surface area contributed by atoms with Gasteiger partial charge in [0.25, 0.3) is 0 Å². The number of H-pyrrole nitrogens is 1. The molecule has 2 aromatic rings. The van der Waals surface area contributed by atoms with Crippen LogP contribution in [0.3, 0.4) is 0 Å². The van der Waals surface area contributed by atoms with E-state index in [1.807, 2.05) is 6.92 Å². The van der Waals surface area contributed by atoms with Crippen molar-refractivity contribution in [2.45, 2.75) is 20.8 Å². The largest absolute Gasteiger partial charge is 0.490 e. The van der Waals surface area contributed by atoms with E-state index < -0.39 is 11.9 Å². The molecule has 0 aliphatic rings. The van der Waals surface area contributed by atoms with Crippen molar-refractivity contribution in [3.63, 3.8) is 0 Å². The Hall–Kier alpha value is -2.62. The lowest BCUT2D eigenvalue weighted by Gasteiger charge is -2.14. The van der Waals surface area contributed by atoms with Gasteiger partial charge in [-0.05, 0) is 48.8 Å². The van der Waals surface area contributed by atoms with Crippen LogP contribution in [-0.2, 0) is 14.3 Å². The monoisotopic (exact) mass is 441 g/mol. The molecule has 146 valence electrons. The zero-order valence-corrected chi connectivity index (χ0v) is 16.8. The maximum atomic E-state index is 12.0. The van der Waals surface area contributed by atoms with E-state index in [0.29, 0.717) is 33.8 Å². The number of hydrogen-bond donors (Lipinski definition) is 1. The fourth-order valence-corrected chi connectivity index (χ4v) is 2.77. The second kappa shape index (κ2) is 9.91. The molecule has 0 aliphatic carbocycles. The second-order valence-electron chi connectivity index (χ2n) is 5.05. The van der Waals surface area contributed by atoms with Gasteiger partial charge < -0.3 is 18.9 Å². The van der Waals surface area contributed by atoms with Crippen LogP contribution in [0.1, 0.15) is 31.3 Å². The van der Waals surface area contributed by atoms with Crippen molar-refractivity contribution in [1.29, 1.82) is 0 Å². The molecule has 0 saturated carbocycles. The highest BCUT2D eigenvalue weighted by Crippen LogP contribution is 2.40. The Kier molecular flexibility index (Phi) is 7.59. The number of aromatic nitrogens is 3. The van der Waals surface area contributed by atoms with Crippen molar-refractivity contribution in [1.82, 2.24) is 15.4 Å². The molecule has 0 saturated heterocycles. The number of aromatic amines is 1. The van der Waals surface area contributed by atoms with E-state index in [4.69, 9.17) is 18.9 Å². The van der Waals surface area contributed by atoms with Crippen LogP contribution in [0.15, 0.2) is 16.6 Å². The maximum absolute atomic E-state index is 12.0. The van der Waals surface area contributed by atoms with Gasteiger partial charge in [-0.2, -0.15) is 10.3 Å². The third-order valence-corrected chi connectivity index (χ3v) is 3.83. The summed E-state index contributed by atoms with van der Waals surface area (Å²) in [5.74, 6) is -0.353. The topological polar surface area (TPSA) is 113 Å². The van der Waals surface area contributed by atoms with Crippen molar-refractivity contribution < 1.29 is 28.5 Å². The molecule has 0 spiro atoms. The first-order chi connectivity index (χ1) is 13.0. The standard InChI is InChI=1S/C17H20BrN3O6/c1-4-24-12-8-10(14-15(20-21-19-14)17(23)26-6-3)7-11(18)16(12)27-9-13(22)25-5-2/h7-8H,4-6,9H2,1-3H3,(H,19,20,21). The van der Waals surface area contributed by atoms with Crippen molar-refractivity contribution in [2.75, 3.05) is 26.4 Å². The number of carbonyl (C=O) groups excluding carboxylic acids is 2. The Morgan fingerprint density at radius 2 is 1.78 bits per heavy atom. The molecule has 0 radical (unpaired) electrons. The number of halogens is 1. The lowest BCUT2D eigenvalue weighted by atomic mass is 10.1. The number of hydrogen-bond acceptors (Lipinski definition) is 8. The van der Waals surface area contributed by atoms with Gasteiger partial charge in [-0.1, -0.05) is 0 Å². The number of benzene rings is 1. The molecular weight excluding hydrogens is 422 g/mol. The summed E-state index contributed by atoms with van der Waals surface area (Å²) in [6, 6.07) is 3.33. The Bertz CT molecular complexity index is 808. The van der Waals surface area contributed by atoms with Crippen LogP contribution in [0.2, 0.25) is 0 Å². The van der Waals surface area contributed by atoms with E-state index in [1.165, 1.54) is 0 Å². The highest BCUT2D eigenvalue weighted by atomic mass is 79.9. The first kappa shape index (κ1) is 20.7. The Morgan fingerprint density at radius 1 is 1.04 bits per heavy atom. The number of ether oxygens (including phenoxy) is 4. The van der Waals surface area contributed by atoms with Gasteiger partial charge in [-0.3, -0.25) is 0 Å². The van der Waals surface area contributed by atoms with Crippen molar-refractivity contribution in [3.05, 3.63) is 22.3 Å². The molecule has 10 heteroatoms. The van der Waals surface area contributed by atoms with Crippen LogP contribution in [-0.4, -0.2) is 53.8 Å². The van der Waals surface area contributed by atoms with Crippen LogP contribution in [0.25, 0.3) is 11.3 Å². The Morgan fingerprint density at radius 3 is 2.44 bits per heavy atom. The van der Waals surface area contributed by atoms with Crippen LogP contribution in [0, 0.1) is 0 Å². The van der Waals surface area contributed by atoms with Crippen molar-refractivity contribution >= 4 is 27.9 Å². The van der Waals surface area contributed by atoms with Gasteiger partial charge in [-0.15, -0.1) is 5.10 Å². The maximum Gasteiger partial charge on any atom is 0.361 e. The molecule has 1 aromatic heterocycles. The average Bonchev–Trinajstić information content (AvgIpc) is 3.11. The summed E-state index contributed by atoms with van der Waals surface area (Å²) in [7, 11) is 0. The van der Waals surface area contributed by atoms with Crippen LogP contribution in [0.5, 0.6) is 11.5 Å². The molecule has 1 aromatic carbocycles. The van der Waals surface area contributed by atoms with E-state index in [9.17, 15) is 9.59 Å². The minimum atomic E-state index is -0.585. The summed E-state index contributed by atoms with van der Waals surface area (Å²) < 4.78 is 21.5. The molecule has 0 amide bonds. The predicted octanol–water partition coefficient (Wildman–Crippen LogP) is 2.75. The Labute approximate surface area is 164 Å². The molecule has 0 unspecified atom stereocenters. The first-order valence-electron chi connectivity index (χ1n) is 8.34. The normalized spacial score (nSPS) is 10.4. The van der Waals surface area contributed by atoms with Crippen LogP contribution >= 0.6 is 15.9 Å². The molecule has 2 rings (SSSR count). The number of nitrogens with one attached hydrogen (secondary N) is 1. The molecule has 0 bridgehead atoms. The zero-order valence-electron chi connectivity index (χ0n) is 15.2. The number of esters is 2. The SMILES string of the molecule is CCOC(=O)COc1c(Br)cc(-c2n[nH]nc2C(=O)OCC)cc1OCC. The molecule has 0 aliphatic heterocycles. The third kappa shape index (κ3) is 5.19. The summed E-state index contributed by atoms with van der Waals surface area (Å²) in [4.78, 5) is 23.6. The van der Waals surface area contributed by atoms with Gasteiger partial charge in [-0.25, -0.2) is 9.59 Å². The van der Waals surface area contributed by atoms with Gasteiger partial charge in [0.15, 0.2) is 23.8 Å². The summed E-state index contributed by atoms with van der Waals surface area (Å²) in [6.45, 7) is 5.84. The number of rotatable bonds is 9. The summed E-state index contributed by atoms with van der Waals surface area (Å²) >= 11 is 3.40. The molecule has 9 nitrogen and oxygen atoms in total. The number of nitrogens with zero attached hydrogens (tertiary/aromatic N) is 2. The summed E-state index contributed by atoms with van der Waals surface area (Å²) in [5.41, 5.74) is 0.934. The highest BCUT2D eigenvalue weighted by Gasteiger charge is 2.22. The second-order valence-corrected chi connectivity index (χ2v) is 5.91. The molecule has 1 N–H and O–H groups in total. The van der Waals surface area contributed by atoms with E-state index in [1.54, 1.807) is 26.0 Å². The predicted molar refractivity (Wildman–Crippen MR) is 98.8 cm³/mol. The van der Waals surface area contributed by atoms with E-state index in [2.05, 4.69) is 31.3 Å². The van der Waals surface area contributed by atoms with E-state index in [0.717, 1.165) is 0 Å². The first-order valence-corrected chi connectivity index (χ1v) is 9.14. The van der Waals surface area contributed by atoms with Crippen LogP contribution in [0.4, 0.5) is 0 Å². The van der Waals surface area contributed by atoms with Gasteiger partial charge in [0.2, 0.25) is 0 Å². The minimum Gasteiger partial charge on any atom is -0.490 e.